The fourth-order valence-electron chi connectivity index (χ4n) is 1.58. The zero-order valence-electron chi connectivity index (χ0n) is 7.52. The van der Waals surface area contributed by atoms with Gasteiger partial charge in [0.1, 0.15) is 0 Å². The summed E-state index contributed by atoms with van der Waals surface area (Å²) >= 11 is 1.90. The number of benzene rings is 1. The maximum absolute atomic E-state index is 9.02. The fourth-order valence-corrected chi connectivity index (χ4v) is 2.91. The Kier molecular flexibility index (Phi) is 2.91. The van der Waals surface area contributed by atoms with E-state index in [1.165, 1.54) is 17.7 Å². The summed E-state index contributed by atoms with van der Waals surface area (Å²) in [4.78, 5) is 1.32. The second kappa shape index (κ2) is 4.16. The molecule has 0 bridgehead atoms. The molecule has 0 heterocycles. The van der Waals surface area contributed by atoms with E-state index in [9.17, 15) is 0 Å². The molecular weight excluding hydrogens is 180 g/mol. The zero-order valence-corrected chi connectivity index (χ0v) is 8.33. The van der Waals surface area contributed by atoms with Gasteiger partial charge in [0.25, 0.3) is 0 Å². The highest BCUT2D eigenvalue weighted by Gasteiger charge is 2.30. The lowest BCUT2D eigenvalue weighted by Crippen LogP contribution is -2.31. The van der Waals surface area contributed by atoms with Crippen molar-refractivity contribution < 1.29 is 5.11 Å². The van der Waals surface area contributed by atoms with Gasteiger partial charge in [-0.1, -0.05) is 18.2 Å². The van der Waals surface area contributed by atoms with Gasteiger partial charge in [0.2, 0.25) is 0 Å². The zero-order chi connectivity index (χ0) is 9.10. The van der Waals surface area contributed by atoms with Gasteiger partial charge in [-0.3, -0.25) is 0 Å². The molecule has 0 amide bonds. The van der Waals surface area contributed by atoms with E-state index in [0.717, 1.165) is 0 Å². The predicted molar refractivity (Wildman–Crippen MR) is 55.9 cm³/mol. The van der Waals surface area contributed by atoms with Crippen LogP contribution in [0.4, 0.5) is 0 Å². The van der Waals surface area contributed by atoms with Crippen molar-refractivity contribution >= 4 is 11.8 Å². The monoisotopic (exact) mass is 194 g/mol. The highest BCUT2D eigenvalue weighted by Crippen LogP contribution is 2.40. The molecule has 1 aliphatic carbocycles. The molecule has 13 heavy (non-hydrogen) atoms. The third kappa shape index (κ3) is 2.06. The van der Waals surface area contributed by atoms with Crippen molar-refractivity contribution in [2.45, 2.75) is 23.0 Å². The van der Waals surface area contributed by atoms with E-state index in [-0.39, 0.29) is 0 Å². The Labute approximate surface area is 83.2 Å². The quantitative estimate of drug-likeness (QED) is 0.798. The molecule has 1 aromatic carbocycles. The number of aliphatic hydroxyl groups is 1. The predicted octanol–water partition coefficient (Wildman–Crippen LogP) is 2.55. The first-order valence-electron chi connectivity index (χ1n) is 4.72. The summed E-state index contributed by atoms with van der Waals surface area (Å²) in [5.74, 6) is 0.533. The molecule has 0 aliphatic heterocycles. The Morgan fingerprint density at radius 2 is 2.00 bits per heavy atom. The van der Waals surface area contributed by atoms with Crippen molar-refractivity contribution in [1.82, 2.24) is 0 Å². The van der Waals surface area contributed by atoms with Crippen LogP contribution in [0.5, 0.6) is 0 Å². The Bertz CT molecular complexity index is 258. The van der Waals surface area contributed by atoms with Gasteiger partial charge in [0, 0.05) is 16.8 Å². The molecule has 1 fully saturated rings. The van der Waals surface area contributed by atoms with Gasteiger partial charge in [-0.25, -0.2) is 0 Å². The highest BCUT2D eigenvalue weighted by atomic mass is 32.2. The third-order valence-electron chi connectivity index (χ3n) is 2.61. The first-order chi connectivity index (χ1) is 6.40. The van der Waals surface area contributed by atoms with Crippen LogP contribution < -0.4 is 0 Å². The minimum Gasteiger partial charge on any atom is -0.396 e. The Hall–Kier alpha value is -0.470. The van der Waals surface area contributed by atoms with Crippen LogP contribution in [0.2, 0.25) is 0 Å². The second-order valence-corrected chi connectivity index (χ2v) is 4.80. The number of rotatable bonds is 3. The molecule has 2 rings (SSSR count). The van der Waals surface area contributed by atoms with Crippen LogP contribution in [-0.2, 0) is 0 Å². The van der Waals surface area contributed by atoms with Gasteiger partial charge < -0.3 is 5.11 Å². The van der Waals surface area contributed by atoms with Crippen molar-refractivity contribution in [2.75, 3.05) is 6.61 Å². The number of hydrogen-bond acceptors (Lipinski definition) is 2. The molecule has 1 N–H and O–H groups in total. The van der Waals surface area contributed by atoms with E-state index < -0.39 is 0 Å². The van der Waals surface area contributed by atoms with Crippen LogP contribution in [0.25, 0.3) is 0 Å². The van der Waals surface area contributed by atoms with Gasteiger partial charge in [-0.2, -0.15) is 0 Å². The molecule has 1 saturated carbocycles. The van der Waals surface area contributed by atoms with Crippen molar-refractivity contribution in [1.29, 1.82) is 0 Å². The van der Waals surface area contributed by atoms with E-state index in [2.05, 4.69) is 24.3 Å². The van der Waals surface area contributed by atoms with Crippen LogP contribution in [0.15, 0.2) is 35.2 Å². The Morgan fingerprint density at radius 3 is 2.54 bits per heavy atom. The van der Waals surface area contributed by atoms with Crippen LogP contribution in [-0.4, -0.2) is 17.0 Å². The average molecular weight is 194 g/mol. The molecule has 0 aromatic heterocycles. The van der Waals surface area contributed by atoms with Crippen molar-refractivity contribution in [3.63, 3.8) is 0 Å². The van der Waals surface area contributed by atoms with Crippen LogP contribution in [0.3, 0.4) is 0 Å². The van der Waals surface area contributed by atoms with Crippen LogP contribution in [0.1, 0.15) is 12.8 Å². The summed E-state index contributed by atoms with van der Waals surface area (Å²) in [7, 11) is 0. The van der Waals surface area contributed by atoms with E-state index in [4.69, 9.17) is 5.11 Å². The summed E-state index contributed by atoms with van der Waals surface area (Å²) < 4.78 is 0. The Morgan fingerprint density at radius 1 is 1.23 bits per heavy atom. The smallest absolute Gasteiger partial charge is 0.0469 e. The lowest BCUT2D eigenvalue weighted by Gasteiger charge is -2.34. The lowest BCUT2D eigenvalue weighted by atomic mass is 9.85. The molecular formula is C11H14OS. The van der Waals surface area contributed by atoms with Gasteiger partial charge >= 0.3 is 0 Å². The minimum atomic E-state index is 0.352. The van der Waals surface area contributed by atoms with Crippen molar-refractivity contribution in [3.8, 4) is 0 Å². The third-order valence-corrected chi connectivity index (χ3v) is 4.08. The first kappa shape index (κ1) is 9.10. The first-order valence-corrected chi connectivity index (χ1v) is 5.60. The lowest BCUT2D eigenvalue weighted by molar-refractivity contribution is 0.170. The summed E-state index contributed by atoms with van der Waals surface area (Å²) in [5.41, 5.74) is 0. The van der Waals surface area contributed by atoms with Crippen molar-refractivity contribution in [3.05, 3.63) is 30.3 Å². The number of hydrogen-bond donors (Lipinski definition) is 1. The molecule has 0 saturated heterocycles. The normalized spacial score (nSPS) is 26.8. The molecule has 0 unspecified atom stereocenters. The number of thioether (sulfide) groups is 1. The van der Waals surface area contributed by atoms with E-state index in [1.54, 1.807) is 0 Å². The molecule has 70 valence electrons. The highest BCUT2D eigenvalue weighted by molar-refractivity contribution is 8.00. The summed E-state index contributed by atoms with van der Waals surface area (Å²) in [6.07, 6.45) is 2.45. The van der Waals surface area contributed by atoms with Crippen LogP contribution >= 0.6 is 11.8 Å². The van der Waals surface area contributed by atoms with E-state index >= 15 is 0 Å². The molecule has 0 radical (unpaired) electrons. The average Bonchev–Trinajstić information content (AvgIpc) is 2.15. The van der Waals surface area contributed by atoms with Crippen molar-refractivity contribution in [2.24, 2.45) is 5.92 Å². The van der Waals surface area contributed by atoms with E-state index in [0.29, 0.717) is 17.8 Å². The molecule has 2 heteroatoms. The molecule has 1 nitrogen and oxygen atoms in total. The Balaban J connectivity index is 1.92. The fraction of sp³-hybridized carbons (Fsp3) is 0.455. The second-order valence-electron chi connectivity index (χ2n) is 3.49. The largest absolute Gasteiger partial charge is 0.396 e. The van der Waals surface area contributed by atoms with Gasteiger partial charge in [-0.05, 0) is 30.9 Å². The standard InChI is InChI=1S/C11H14OS/c12-8-9-6-7-11(9)13-10-4-2-1-3-5-10/h1-5,9,11-12H,6-8H2/t9-,11-/m1/s1. The van der Waals surface area contributed by atoms with Gasteiger partial charge in [0.15, 0.2) is 0 Å². The summed E-state index contributed by atoms with van der Waals surface area (Å²) in [5, 5.41) is 9.67. The van der Waals surface area contributed by atoms with E-state index in [1.807, 2.05) is 17.8 Å². The summed E-state index contributed by atoms with van der Waals surface area (Å²) in [6.45, 7) is 0.352. The molecule has 2 atom stereocenters. The van der Waals surface area contributed by atoms with Crippen LogP contribution in [0, 0.1) is 5.92 Å². The maximum atomic E-state index is 9.02. The molecule has 0 spiro atoms. The minimum absolute atomic E-state index is 0.352. The SMILES string of the molecule is OC[C@H]1CC[C@H]1Sc1ccccc1. The molecule has 1 aliphatic rings. The summed E-state index contributed by atoms with van der Waals surface area (Å²) in [6, 6.07) is 10.4. The maximum Gasteiger partial charge on any atom is 0.0469 e. The van der Waals surface area contributed by atoms with Gasteiger partial charge in [-0.15, -0.1) is 11.8 Å². The number of aliphatic hydroxyl groups excluding tert-OH is 1. The molecule has 1 aromatic rings. The van der Waals surface area contributed by atoms with Gasteiger partial charge in [0.05, 0.1) is 0 Å². The topological polar surface area (TPSA) is 20.2 Å².